The SMILES string of the molecule is CNC(=O)[C@@H](C)N(Cc1cccc(C)c1)C(=O)CN(c1ccc(Cl)cc1)S(=O)(=O)c1ccccc1. The molecule has 1 atom stereocenters. The minimum absolute atomic E-state index is 0.0485. The number of aryl methyl sites for hydroxylation is 1. The first-order valence-electron chi connectivity index (χ1n) is 11.0. The van der Waals surface area contributed by atoms with Crippen molar-refractivity contribution in [1.82, 2.24) is 10.2 Å². The van der Waals surface area contributed by atoms with Gasteiger partial charge < -0.3 is 10.2 Å². The van der Waals surface area contributed by atoms with Gasteiger partial charge in [0.1, 0.15) is 12.6 Å². The first kappa shape index (κ1) is 26.2. The molecule has 0 radical (unpaired) electrons. The standard InChI is InChI=1S/C26H28ClN3O4S/c1-19-8-7-9-21(16-19)17-29(20(2)26(32)28-3)25(31)18-30(23-14-12-22(27)13-15-23)35(33,34)24-10-5-4-6-11-24/h4-16,20H,17-18H2,1-3H3,(H,28,32)/t20-/m1/s1. The summed E-state index contributed by atoms with van der Waals surface area (Å²) in [7, 11) is -2.59. The first-order chi connectivity index (χ1) is 16.6. The lowest BCUT2D eigenvalue weighted by molar-refractivity contribution is -0.139. The van der Waals surface area contributed by atoms with Crippen LogP contribution in [0, 0.1) is 6.92 Å². The normalized spacial score (nSPS) is 12.0. The molecule has 7 nitrogen and oxygen atoms in total. The Balaban J connectivity index is 2.01. The molecule has 9 heteroatoms. The van der Waals surface area contributed by atoms with Gasteiger partial charge in [0.05, 0.1) is 10.6 Å². The monoisotopic (exact) mass is 513 g/mol. The summed E-state index contributed by atoms with van der Waals surface area (Å²) in [5, 5.41) is 3.00. The van der Waals surface area contributed by atoms with Gasteiger partial charge in [-0.1, -0.05) is 59.6 Å². The Morgan fingerprint density at radius 1 is 0.971 bits per heavy atom. The average molecular weight is 514 g/mol. The fourth-order valence-electron chi connectivity index (χ4n) is 3.65. The quantitative estimate of drug-likeness (QED) is 0.468. The van der Waals surface area contributed by atoms with E-state index in [4.69, 9.17) is 11.6 Å². The number of nitrogens with one attached hydrogen (secondary N) is 1. The van der Waals surface area contributed by atoms with E-state index < -0.39 is 28.5 Å². The largest absolute Gasteiger partial charge is 0.357 e. The van der Waals surface area contributed by atoms with Gasteiger partial charge in [-0.25, -0.2) is 8.42 Å². The van der Waals surface area contributed by atoms with Crippen LogP contribution in [-0.4, -0.2) is 44.8 Å². The van der Waals surface area contributed by atoms with E-state index in [0.717, 1.165) is 15.4 Å². The molecule has 3 aromatic carbocycles. The van der Waals surface area contributed by atoms with Gasteiger partial charge >= 0.3 is 0 Å². The fraction of sp³-hybridized carbons (Fsp3) is 0.231. The van der Waals surface area contributed by atoms with Crippen LogP contribution in [-0.2, 0) is 26.2 Å². The van der Waals surface area contributed by atoms with E-state index in [0.29, 0.717) is 5.02 Å². The van der Waals surface area contributed by atoms with Crippen molar-refractivity contribution in [3.8, 4) is 0 Å². The number of rotatable bonds is 9. The number of sulfonamides is 1. The summed E-state index contributed by atoms with van der Waals surface area (Å²) in [4.78, 5) is 27.5. The third-order valence-corrected chi connectivity index (χ3v) is 7.61. The zero-order valence-electron chi connectivity index (χ0n) is 19.8. The molecule has 35 heavy (non-hydrogen) atoms. The number of benzene rings is 3. The second-order valence-electron chi connectivity index (χ2n) is 8.10. The van der Waals surface area contributed by atoms with Crippen molar-refractivity contribution in [2.75, 3.05) is 17.9 Å². The highest BCUT2D eigenvalue weighted by Gasteiger charge is 2.32. The summed E-state index contributed by atoms with van der Waals surface area (Å²) in [6, 6.07) is 20.9. The lowest BCUT2D eigenvalue weighted by Gasteiger charge is -2.31. The third-order valence-electron chi connectivity index (χ3n) is 5.57. The summed E-state index contributed by atoms with van der Waals surface area (Å²) in [6.45, 7) is 3.21. The van der Waals surface area contributed by atoms with Crippen LogP contribution in [0.25, 0.3) is 0 Å². The summed E-state index contributed by atoms with van der Waals surface area (Å²) < 4.78 is 28.2. The lowest BCUT2D eigenvalue weighted by Crippen LogP contribution is -2.50. The van der Waals surface area contributed by atoms with Crippen molar-refractivity contribution < 1.29 is 18.0 Å². The maximum atomic E-state index is 13.6. The highest BCUT2D eigenvalue weighted by molar-refractivity contribution is 7.92. The van der Waals surface area contributed by atoms with Gasteiger partial charge in [0.15, 0.2) is 0 Å². The smallest absolute Gasteiger partial charge is 0.264 e. The van der Waals surface area contributed by atoms with Crippen LogP contribution in [0.3, 0.4) is 0 Å². The Bertz CT molecular complexity index is 1280. The highest BCUT2D eigenvalue weighted by atomic mass is 35.5. The molecule has 0 aromatic heterocycles. The van der Waals surface area contributed by atoms with Crippen molar-refractivity contribution >= 4 is 39.1 Å². The molecule has 0 aliphatic carbocycles. The summed E-state index contributed by atoms with van der Waals surface area (Å²) >= 11 is 6.01. The van der Waals surface area contributed by atoms with Gasteiger partial charge in [0, 0.05) is 18.6 Å². The topological polar surface area (TPSA) is 86.8 Å². The molecule has 2 amide bonds. The number of carbonyl (C=O) groups is 2. The van der Waals surface area contributed by atoms with E-state index in [2.05, 4.69) is 5.32 Å². The van der Waals surface area contributed by atoms with E-state index in [9.17, 15) is 18.0 Å². The van der Waals surface area contributed by atoms with E-state index in [1.165, 1.54) is 24.1 Å². The molecule has 0 aliphatic rings. The molecular formula is C26H28ClN3O4S. The van der Waals surface area contributed by atoms with E-state index in [1.54, 1.807) is 49.4 Å². The Kier molecular flexibility index (Phi) is 8.53. The number of halogens is 1. The zero-order chi connectivity index (χ0) is 25.6. The molecule has 184 valence electrons. The Morgan fingerprint density at radius 3 is 2.23 bits per heavy atom. The molecule has 0 fully saturated rings. The predicted molar refractivity (Wildman–Crippen MR) is 138 cm³/mol. The van der Waals surface area contributed by atoms with Crippen LogP contribution in [0.2, 0.25) is 5.02 Å². The van der Waals surface area contributed by atoms with Crippen LogP contribution >= 0.6 is 11.6 Å². The molecule has 0 bridgehead atoms. The minimum atomic E-state index is -4.08. The molecule has 0 heterocycles. The van der Waals surface area contributed by atoms with Crippen LogP contribution < -0.4 is 9.62 Å². The molecule has 0 unspecified atom stereocenters. The number of anilines is 1. The van der Waals surface area contributed by atoms with Gasteiger partial charge in [-0.3, -0.25) is 13.9 Å². The molecule has 3 rings (SSSR count). The van der Waals surface area contributed by atoms with E-state index in [-0.39, 0.29) is 23.0 Å². The summed E-state index contributed by atoms with van der Waals surface area (Å²) in [5.74, 6) is -0.868. The molecule has 0 spiro atoms. The van der Waals surface area contributed by atoms with Crippen molar-refractivity contribution in [2.24, 2.45) is 0 Å². The van der Waals surface area contributed by atoms with Crippen LogP contribution in [0.4, 0.5) is 5.69 Å². The number of hydrogen-bond acceptors (Lipinski definition) is 4. The predicted octanol–water partition coefficient (Wildman–Crippen LogP) is 4.01. The van der Waals surface area contributed by atoms with Crippen molar-refractivity contribution in [3.05, 3.63) is 95.0 Å². The van der Waals surface area contributed by atoms with Crippen molar-refractivity contribution in [2.45, 2.75) is 31.3 Å². The molecule has 0 aliphatic heterocycles. The molecular weight excluding hydrogens is 486 g/mol. The van der Waals surface area contributed by atoms with Gasteiger partial charge in [0.2, 0.25) is 11.8 Å². The second kappa shape index (κ2) is 11.4. The molecule has 0 saturated heterocycles. The van der Waals surface area contributed by atoms with Crippen LogP contribution in [0.5, 0.6) is 0 Å². The average Bonchev–Trinajstić information content (AvgIpc) is 2.86. The summed E-state index contributed by atoms with van der Waals surface area (Å²) in [5.41, 5.74) is 2.13. The number of hydrogen-bond donors (Lipinski definition) is 1. The minimum Gasteiger partial charge on any atom is -0.357 e. The van der Waals surface area contributed by atoms with Crippen LogP contribution in [0.1, 0.15) is 18.1 Å². The molecule has 3 aromatic rings. The fourth-order valence-corrected chi connectivity index (χ4v) is 5.22. The first-order valence-corrected chi connectivity index (χ1v) is 12.8. The Hall–Kier alpha value is -3.36. The second-order valence-corrected chi connectivity index (χ2v) is 10.4. The van der Waals surface area contributed by atoms with Crippen molar-refractivity contribution in [3.63, 3.8) is 0 Å². The summed E-state index contributed by atoms with van der Waals surface area (Å²) in [6.07, 6.45) is 0. The third kappa shape index (κ3) is 6.41. The molecule has 1 N–H and O–H groups in total. The number of carbonyl (C=O) groups excluding carboxylic acids is 2. The van der Waals surface area contributed by atoms with Crippen LogP contribution in [0.15, 0.2) is 83.8 Å². The zero-order valence-corrected chi connectivity index (χ0v) is 21.4. The number of nitrogens with zero attached hydrogens (tertiary/aromatic N) is 2. The van der Waals surface area contributed by atoms with Gasteiger partial charge in [-0.05, 0) is 55.8 Å². The van der Waals surface area contributed by atoms with Gasteiger partial charge in [-0.2, -0.15) is 0 Å². The van der Waals surface area contributed by atoms with E-state index in [1.807, 2.05) is 31.2 Å². The number of amides is 2. The van der Waals surface area contributed by atoms with Gasteiger partial charge in [0.25, 0.3) is 10.0 Å². The van der Waals surface area contributed by atoms with Gasteiger partial charge in [-0.15, -0.1) is 0 Å². The van der Waals surface area contributed by atoms with Crippen molar-refractivity contribution in [1.29, 1.82) is 0 Å². The Morgan fingerprint density at radius 2 is 1.63 bits per heavy atom. The maximum absolute atomic E-state index is 13.6. The number of likely N-dealkylation sites (N-methyl/N-ethyl adjacent to an activating group) is 1. The Labute approximate surface area is 211 Å². The van der Waals surface area contributed by atoms with E-state index >= 15 is 0 Å². The molecule has 0 saturated carbocycles. The maximum Gasteiger partial charge on any atom is 0.264 e. The lowest BCUT2D eigenvalue weighted by atomic mass is 10.1. The highest BCUT2D eigenvalue weighted by Crippen LogP contribution is 2.26.